The molecule has 2 fully saturated rings. The van der Waals surface area contributed by atoms with Crippen LogP contribution in [0.2, 0.25) is 5.02 Å². The molecule has 0 atom stereocenters. The zero-order chi connectivity index (χ0) is 22.6. The summed E-state index contributed by atoms with van der Waals surface area (Å²) in [6.45, 7) is 9.16. The molecule has 5 rings (SSSR count). The van der Waals surface area contributed by atoms with Gasteiger partial charge in [0.2, 0.25) is 5.91 Å². The molecule has 1 spiro atoms. The summed E-state index contributed by atoms with van der Waals surface area (Å²) in [5.74, 6) is 0.668. The summed E-state index contributed by atoms with van der Waals surface area (Å²) in [5, 5.41) is 8.21. The molecule has 3 aliphatic rings. The Balaban J connectivity index is 1.54. The van der Waals surface area contributed by atoms with E-state index in [9.17, 15) is 9.59 Å². The molecule has 0 bridgehead atoms. The second-order valence-electron chi connectivity index (χ2n) is 9.42. The van der Waals surface area contributed by atoms with Crippen molar-refractivity contribution in [1.82, 2.24) is 15.1 Å². The standard InChI is InChI=1S/C24H29ClN4O3/c1-14(2)29-10-9-28(13-19(29)30)23(31)18-12-16-11-17(25)21-20(22(16)32-18)24(27-15(3)26-21)7-5-4-6-8-24/h11-12,14,26-27H,3-10,13H2,1-2H3. The number of piperazine rings is 1. The summed E-state index contributed by atoms with van der Waals surface area (Å²) in [6.07, 6.45) is 5.29. The van der Waals surface area contributed by atoms with Gasteiger partial charge in [0, 0.05) is 30.1 Å². The Morgan fingerprint density at radius 2 is 1.97 bits per heavy atom. The number of halogens is 1. The Morgan fingerprint density at radius 3 is 2.66 bits per heavy atom. The number of carbonyl (C=O) groups is 2. The first kappa shape index (κ1) is 21.2. The van der Waals surface area contributed by atoms with Crippen LogP contribution in [-0.2, 0) is 10.3 Å². The van der Waals surface area contributed by atoms with Gasteiger partial charge in [0.25, 0.3) is 5.91 Å². The van der Waals surface area contributed by atoms with E-state index in [1.807, 2.05) is 19.9 Å². The Kier molecular flexibility index (Phi) is 5.12. The summed E-state index contributed by atoms with van der Waals surface area (Å²) in [5.41, 5.74) is 2.15. The van der Waals surface area contributed by atoms with Gasteiger partial charge >= 0.3 is 0 Å². The number of hydrogen-bond donors (Lipinski definition) is 2. The fourth-order valence-corrected chi connectivity index (χ4v) is 5.72. The van der Waals surface area contributed by atoms with Gasteiger partial charge in [0.05, 0.1) is 22.1 Å². The van der Waals surface area contributed by atoms with Crippen molar-refractivity contribution in [3.8, 4) is 0 Å². The van der Waals surface area contributed by atoms with Crippen molar-refractivity contribution in [2.24, 2.45) is 0 Å². The number of furan rings is 1. The Bertz CT molecular complexity index is 1120. The maximum atomic E-state index is 13.2. The van der Waals surface area contributed by atoms with Crippen LogP contribution in [-0.4, -0.2) is 47.3 Å². The smallest absolute Gasteiger partial charge is 0.290 e. The largest absolute Gasteiger partial charge is 0.450 e. The minimum Gasteiger partial charge on any atom is -0.450 e. The number of nitrogens with one attached hydrogen (secondary N) is 2. The molecule has 7 nitrogen and oxygen atoms in total. The fourth-order valence-electron chi connectivity index (χ4n) is 5.46. The van der Waals surface area contributed by atoms with E-state index < -0.39 is 0 Å². The highest BCUT2D eigenvalue weighted by Crippen LogP contribution is 2.49. The van der Waals surface area contributed by atoms with E-state index in [0.717, 1.165) is 48.1 Å². The van der Waals surface area contributed by atoms with Gasteiger partial charge in [-0.3, -0.25) is 9.59 Å². The Labute approximate surface area is 192 Å². The molecular weight excluding hydrogens is 428 g/mol. The van der Waals surface area contributed by atoms with Gasteiger partial charge in [-0.1, -0.05) is 37.4 Å². The quantitative estimate of drug-likeness (QED) is 0.699. The third-order valence-corrected chi connectivity index (χ3v) is 7.29. The van der Waals surface area contributed by atoms with Crippen LogP contribution in [0.4, 0.5) is 5.69 Å². The number of benzene rings is 1. The molecule has 2 amide bonds. The summed E-state index contributed by atoms with van der Waals surface area (Å²) in [4.78, 5) is 29.1. The second-order valence-corrected chi connectivity index (χ2v) is 9.82. The predicted octanol–water partition coefficient (Wildman–Crippen LogP) is 4.42. The maximum Gasteiger partial charge on any atom is 0.290 e. The van der Waals surface area contributed by atoms with Crippen LogP contribution in [0, 0.1) is 0 Å². The van der Waals surface area contributed by atoms with Crippen LogP contribution in [0.15, 0.2) is 28.9 Å². The second kappa shape index (κ2) is 7.73. The average Bonchev–Trinajstić information content (AvgIpc) is 3.16. The van der Waals surface area contributed by atoms with Crippen LogP contribution in [0.1, 0.15) is 62.1 Å². The van der Waals surface area contributed by atoms with Gasteiger partial charge in [-0.05, 0) is 38.8 Å². The van der Waals surface area contributed by atoms with E-state index in [1.54, 1.807) is 15.9 Å². The highest BCUT2D eigenvalue weighted by molar-refractivity contribution is 6.34. The van der Waals surface area contributed by atoms with E-state index in [2.05, 4.69) is 17.2 Å². The summed E-state index contributed by atoms with van der Waals surface area (Å²) >= 11 is 6.67. The minimum absolute atomic E-state index is 0.0378. The number of hydrogen-bond acceptors (Lipinski definition) is 5. The van der Waals surface area contributed by atoms with Gasteiger partial charge in [0.15, 0.2) is 5.76 Å². The molecule has 1 aromatic heterocycles. The predicted molar refractivity (Wildman–Crippen MR) is 125 cm³/mol. The van der Waals surface area contributed by atoms with Crippen molar-refractivity contribution < 1.29 is 14.0 Å². The van der Waals surface area contributed by atoms with Crippen molar-refractivity contribution in [3.63, 3.8) is 0 Å². The third kappa shape index (κ3) is 3.34. The molecule has 32 heavy (non-hydrogen) atoms. The number of anilines is 1. The molecule has 2 aliphatic heterocycles. The van der Waals surface area contributed by atoms with Gasteiger partial charge in [0.1, 0.15) is 12.1 Å². The average molecular weight is 457 g/mol. The van der Waals surface area contributed by atoms with Crippen molar-refractivity contribution >= 4 is 40.1 Å². The monoisotopic (exact) mass is 456 g/mol. The number of amides is 2. The first-order valence-corrected chi connectivity index (χ1v) is 11.8. The van der Waals surface area contributed by atoms with E-state index >= 15 is 0 Å². The van der Waals surface area contributed by atoms with Gasteiger partial charge in [-0.15, -0.1) is 0 Å². The molecule has 1 saturated carbocycles. The van der Waals surface area contributed by atoms with Crippen molar-refractivity contribution in [2.75, 3.05) is 25.0 Å². The van der Waals surface area contributed by atoms with Crippen LogP contribution in [0.5, 0.6) is 0 Å². The van der Waals surface area contributed by atoms with Crippen LogP contribution in [0.25, 0.3) is 11.0 Å². The molecule has 3 heterocycles. The molecule has 1 saturated heterocycles. The lowest BCUT2D eigenvalue weighted by Crippen LogP contribution is -2.54. The summed E-state index contributed by atoms with van der Waals surface area (Å²) < 4.78 is 6.22. The molecular formula is C24H29ClN4O3. The van der Waals surface area contributed by atoms with Gasteiger partial charge in [-0.2, -0.15) is 0 Å². The van der Waals surface area contributed by atoms with Gasteiger partial charge in [-0.25, -0.2) is 0 Å². The van der Waals surface area contributed by atoms with E-state index in [-0.39, 0.29) is 35.7 Å². The molecule has 0 radical (unpaired) electrons. The van der Waals surface area contributed by atoms with Crippen LogP contribution in [0.3, 0.4) is 0 Å². The fraction of sp³-hybridized carbons (Fsp3) is 0.500. The molecule has 0 unspecified atom stereocenters. The van der Waals surface area contributed by atoms with Gasteiger partial charge < -0.3 is 24.9 Å². The molecule has 1 aromatic carbocycles. The molecule has 8 heteroatoms. The highest BCUT2D eigenvalue weighted by Gasteiger charge is 2.42. The minimum atomic E-state index is -0.309. The first-order valence-electron chi connectivity index (χ1n) is 11.4. The molecule has 2 aromatic rings. The highest BCUT2D eigenvalue weighted by atomic mass is 35.5. The lowest BCUT2D eigenvalue weighted by Gasteiger charge is -2.44. The van der Waals surface area contributed by atoms with Crippen molar-refractivity contribution in [3.05, 3.63) is 40.9 Å². The number of carbonyl (C=O) groups excluding carboxylic acids is 2. The Hall–Kier alpha value is -2.67. The lowest BCUT2D eigenvalue weighted by atomic mass is 9.74. The molecule has 1 aliphatic carbocycles. The first-order chi connectivity index (χ1) is 15.3. The zero-order valence-corrected chi connectivity index (χ0v) is 19.3. The summed E-state index contributed by atoms with van der Waals surface area (Å²) in [6, 6.07) is 3.71. The topological polar surface area (TPSA) is 77.8 Å². The van der Waals surface area contributed by atoms with E-state index in [4.69, 9.17) is 16.0 Å². The molecule has 170 valence electrons. The third-order valence-electron chi connectivity index (χ3n) is 6.99. The zero-order valence-electron chi connectivity index (χ0n) is 18.6. The number of fused-ring (bicyclic) bond motifs is 4. The summed E-state index contributed by atoms with van der Waals surface area (Å²) in [7, 11) is 0. The van der Waals surface area contributed by atoms with Crippen LogP contribution >= 0.6 is 11.6 Å². The number of nitrogens with zero attached hydrogens (tertiary/aromatic N) is 2. The lowest BCUT2D eigenvalue weighted by molar-refractivity contribution is -0.136. The molecule has 2 N–H and O–H groups in total. The van der Waals surface area contributed by atoms with Crippen LogP contribution < -0.4 is 10.6 Å². The van der Waals surface area contributed by atoms with Crippen molar-refractivity contribution in [2.45, 2.75) is 57.5 Å². The number of rotatable bonds is 2. The Morgan fingerprint density at radius 1 is 1.22 bits per heavy atom. The van der Waals surface area contributed by atoms with E-state index in [1.165, 1.54) is 6.42 Å². The SMILES string of the molecule is C=C1Nc2c(Cl)cc3cc(C(=O)N4CCN(C(C)C)C(=O)C4)oc3c2C2(CCCCC2)N1. The maximum absolute atomic E-state index is 13.2. The van der Waals surface area contributed by atoms with Crippen molar-refractivity contribution in [1.29, 1.82) is 0 Å². The van der Waals surface area contributed by atoms with E-state index in [0.29, 0.717) is 23.7 Å². The normalized spacial score (nSPS) is 20.5.